The number of carbonyl (C=O) groups is 1. The fourth-order valence-corrected chi connectivity index (χ4v) is 1.38. The van der Waals surface area contributed by atoms with E-state index in [1.807, 2.05) is 0 Å². The van der Waals surface area contributed by atoms with Crippen molar-refractivity contribution in [3.8, 4) is 0 Å². The Bertz CT molecular complexity index is 636. The number of nitrogens with two attached hydrogens (primary N) is 1. The summed E-state index contributed by atoms with van der Waals surface area (Å²) in [5, 5.41) is 0. The summed E-state index contributed by atoms with van der Waals surface area (Å²) >= 11 is 0. The average Bonchev–Trinajstić information content (AvgIpc) is 2.29. The summed E-state index contributed by atoms with van der Waals surface area (Å²) in [5.41, 5.74) is 3.01. The fraction of sp³-hybridized carbons (Fsp3) is 0. The van der Waals surface area contributed by atoms with Crippen molar-refractivity contribution in [1.82, 2.24) is 0 Å². The van der Waals surface area contributed by atoms with Crippen molar-refractivity contribution >= 4 is 11.5 Å². The Balaban J connectivity index is 2.45. The number of anilines is 1. The van der Waals surface area contributed by atoms with Gasteiger partial charge in [-0.25, -0.2) is 4.39 Å². The number of ketones is 1. The van der Waals surface area contributed by atoms with Gasteiger partial charge in [0.2, 0.25) is 10.9 Å². The lowest BCUT2D eigenvalue weighted by molar-refractivity contribution is 0.103. The van der Waals surface area contributed by atoms with Crippen molar-refractivity contribution in [2.75, 3.05) is 5.73 Å². The van der Waals surface area contributed by atoms with E-state index in [0.29, 0.717) is 0 Å². The van der Waals surface area contributed by atoms with E-state index in [4.69, 9.17) is 5.73 Å². The molecule has 0 aliphatic carbocycles. The van der Waals surface area contributed by atoms with Gasteiger partial charge in [-0.05, 0) is 24.3 Å². The second kappa shape index (κ2) is 3.37. The molecule has 2 aromatic rings. The van der Waals surface area contributed by atoms with E-state index in [-0.39, 0.29) is 16.8 Å². The third kappa shape index (κ3) is 1.33. The smallest absolute Gasteiger partial charge is 0.250 e. The first kappa shape index (κ1) is 10.2. The summed E-state index contributed by atoms with van der Waals surface area (Å²) in [6.45, 7) is 0. The summed E-state index contributed by atoms with van der Waals surface area (Å²) in [7, 11) is 0. The molecule has 0 bridgehead atoms. The summed E-state index contributed by atoms with van der Waals surface area (Å²) in [4.78, 5) is 33.6. The second-order valence-corrected chi connectivity index (χ2v) is 3.28. The zero-order valence-corrected chi connectivity index (χ0v) is 7.99. The molecule has 0 amide bonds. The van der Waals surface area contributed by atoms with E-state index < -0.39 is 22.5 Å². The highest BCUT2D eigenvalue weighted by molar-refractivity contribution is 6.13. The van der Waals surface area contributed by atoms with Gasteiger partial charge in [0.25, 0.3) is 0 Å². The third-order valence-corrected chi connectivity index (χ3v) is 2.28. The molecule has 2 aromatic carbocycles. The number of rotatable bonds is 2. The van der Waals surface area contributed by atoms with Gasteiger partial charge in [-0.1, -0.05) is 0 Å². The van der Waals surface area contributed by atoms with E-state index in [2.05, 4.69) is 0 Å². The molecule has 0 aliphatic heterocycles. The van der Waals surface area contributed by atoms with Gasteiger partial charge in [0.05, 0.1) is 5.69 Å². The predicted molar refractivity (Wildman–Crippen MR) is 55.6 cm³/mol. The van der Waals surface area contributed by atoms with E-state index >= 15 is 0 Å². The van der Waals surface area contributed by atoms with Crippen molar-refractivity contribution < 1.29 is 9.18 Å². The van der Waals surface area contributed by atoms with Gasteiger partial charge < -0.3 is 5.73 Å². The molecule has 2 rings (SSSR count). The number of carbonyl (C=O) groups excluding carboxylic acids is 1. The molecule has 0 saturated heterocycles. The first-order valence-electron chi connectivity index (χ1n) is 4.41. The summed E-state index contributed by atoms with van der Waals surface area (Å²) in [6.07, 6.45) is 0. The Labute approximate surface area is 88.8 Å². The van der Waals surface area contributed by atoms with Gasteiger partial charge in [-0.3, -0.25) is 14.4 Å². The minimum absolute atomic E-state index is 0.125. The quantitative estimate of drug-likeness (QED) is 0.579. The van der Waals surface area contributed by atoms with Crippen LogP contribution >= 0.6 is 0 Å². The minimum atomic E-state index is -0.883. The van der Waals surface area contributed by atoms with Crippen LogP contribution in [0.1, 0.15) is 15.9 Å². The Morgan fingerprint density at radius 2 is 1.62 bits per heavy atom. The maximum Gasteiger partial charge on any atom is 0.250 e. The molecule has 5 heteroatoms. The molecule has 0 saturated carbocycles. The minimum Gasteiger partial charge on any atom is -0.395 e. The van der Waals surface area contributed by atoms with Crippen LogP contribution in [0.5, 0.6) is 0 Å². The van der Waals surface area contributed by atoms with Crippen LogP contribution in [-0.2, 0) is 0 Å². The van der Waals surface area contributed by atoms with E-state index in [9.17, 15) is 18.8 Å². The molecule has 0 spiro atoms. The van der Waals surface area contributed by atoms with E-state index in [1.54, 1.807) is 0 Å². The monoisotopic (exact) mass is 219 g/mol. The molecule has 0 aliphatic rings. The molecular formula is C11H6FNO3. The van der Waals surface area contributed by atoms with Gasteiger partial charge in [-0.15, -0.1) is 0 Å². The van der Waals surface area contributed by atoms with Crippen LogP contribution in [0.3, 0.4) is 0 Å². The molecule has 16 heavy (non-hydrogen) atoms. The largest absolute Gasteiger partial charge is 0.395 e. The lowest BCUT2D eigenvalue weighted by Crippen LogP contribution is -2.40. The number of benzene rings is 1. The molecule has 0 unspecified atom stereocenters. The van der Waals surface area contributed by atoms with Crippen LogP contribution in [0.2, 0.25) is 0 Å². The Morgan fingerprint density at radius 1 is 1.06 bits per heavy atom. The highest BCUT2D eigenvalue weighted by Gasteiger charge is 2.25. The zero-order chi connectivity index (χ0) is 11.9. The van der Waals surface area contributed by atoms with Crippen LogP contribution in [0.4, 0.5) is 10.1 Å². The molecule has 0 radical (unpaired) electrons. The molecule has 80 valence electrons. The summed E-state index contributed by atoms with van der Waals surface area (Å²) < 4.78 is 12.6. The van der Waals surface area contributed by atoms with E-state index in [0.717, 1.165) is 12.1 Å². The SMILES string of the molecule is Nc1c(C(=O)c2ccc(F)cc2)c(=O)c1=O. The first-order chi connectivity index (χ1) is 7.52. The Hall–Kier alpha value is -2.30. The van der Waals surface area contributed by atoms with Crippen molar-refractivity contribution in [1.29, 1.82) is 0 Å². The topological polar surface area (TPSA) is 77.2 Å². The predicted octanol–water partition coefficient (Wildman–Crippen LogP) is 0.235. The molecule has 0 heterocycles. The standard InChI is InChI=1S/C11H6FNO3/c12-6-3-1-5(2-4-6)9(14)7-8(13)11(16)10(7)15/h1-4H,13H2. The number of hydrogen-bond acceptors (Lipinski definition) is 4. The van der Waals surface area contributed by atoms with Gasteiger partial charge in [0.15, 0.2) is 5.78 Å². The maximum absolute atomic E-state index is 12.6. The third-order valence-electron chi connectivity index (χ3n) is 2.28. The second-order valence-electron chi connectivity index (χ2n) is 3.28. The number of nitrogen functional groups attached to an aromatic ring is 1. The maximum atomic E-state index is 12.6. The highest BCUT2D eigenvalue weighted by Crippen LogP contribution is 2.11. The number of hydrogen-bond donors (Lipinski definition) is 1. The van der Waals surface area contributed by atoms with Crippen molar-refractivity contribution in [3.63, 3.8) is 0 Å². The summed E-state index contributed by atoms with van der Waals surface area (Å²) in [6, 6.07) is 4.64. The van der Waals surface area contributed by atoms with Crippen LogP contribution in [-0.4, -0.2) is 5.78 Å². The van der Waals surface area contributed by atoms with Crippen LogP contribution < -0.4 is 16.6 Å². The molecule has 0 aromatic heterocycles. The van der Waals surface area contributed by atoms with Gasteiger partial charge in [-0.2, -0.15) is 0 Å². The molecule has 0 fully saturated rings. The van der Waals surface area contributed by atoms with Gasteiger partial charge in [0, 0.05) is 5.56 Å². The van der Waals surface area contributed by atoms with Crippen LogP contribution in [0, 0.1) is 5.82 Å². The Kier molecular flexibility index (Phi) is 2.16. The van der Waals surface area contributed by atoms with Crippen LogP contribution in [0.25, 0.3) is 0 Å². The first-order valence-corrected chi connectivity index (χ1v) is 4.41. The number of halogens is 1. The fourth-order valence-electron chi connectivity index (χ4n) is 1.38. The Morgan fingerprint density at radius 3 is 2.12 bits per heavy atom. The van der Waals surface area contributed by atoms with Gasteiger partial charge in [0.1, 0.15) is 11.4 Å². The molecule has 4 nitrogen and oxygen atoms in total. The van der Waals surface area contributed by atoms with Gasteiger partial charge >= 0.3 is 0 Å². The van der Waals surface area contributed by atoms with Crippen LogP contribution in [0.15, 0.2) is 33.9 Å². The summed E-state index contributed by atoms with van der Waals surface area (Å²) in [5.74, 6) is -1.14. The van der Waals surface area contributed by atoms with Crippen molar-refractivity contribution in [3.05, 3.63) is 61.7 Å². The lowest BCUT2D eigenvalue weighted by Gasteiger charge is -2.05. The lowest BCUT2D eigenvalue weighted by atomic mass is 9.98. The average molecular weight is 219 g/mol. The van der Waals surface area contributed by atoms with E-state index in [1.165, 1.54) is 12.1 Å². The normalized spacial score (nSPS) is 10.6. The van der Waals surface area contributed by atoms with Crippen molar-refractivity contribution in [2.24, 2.45) is 0 Å². The zero-order valence-electron chi connectivity index (χ0n) is 7.99. The highest BCUT2D eigenvalue weighted by atomic mass is 19.1. The molecule has 2 N–H and O–H groups in total. The molecule has 0 atom stereocenters. The van der Waals surface area contributed by atoms with Crippen molar-refractivity contribution in [2.45, 2.75) is 0 Å². The molecular weight excluding hydrogens is 213 g/mol.